The second kappa shape index (κ2) is 6.39. The average molecular weight is 343 g/mol. The molecule has 4 nitrogen and oxygen atoms in total. The summed E-state index contributed by atoms with van der Waals surface area (Å²) in [7, 11) is 0. The zero-order valence-electron chi connectivity index (χ0n) is 12.1. The molecule has 0 aliphatic rings. The van der Waals surface area contributed by atoms with Gasteiger partial charge in [-0.3, -0.25) is 0 Å². The van der Waals surface area contributed by atoms with Gasteiger partial charge < -0.3 is 9.84 Å². The van der Waals surface area contributed by atoms with E-state index in [9.17, 15) is 14.7 Å². The van der Waals surface area contributed by atoms with Crippen LogP contribution in [0.5, 0.6) is 0 Å². The van der Waals surface area contributed by atoms with Crippen molar-refractivity contribution in [2.24, 2.45) is 0 Å². The van der Waals surface area contributed by atoms with Crippen LogP contribution >= 0.6 is 15.9 Å². The second-order valence-corrected chi connectivity index (χ2v) is 6.21. The van der Waals surface area contributed by atoms with Crippen LogP contribution in [-0.4, -0.2) is 22.6 Å². The Morgan fingerprint density at radius 3 is 2.40 bits per heavy atom. The van der Waals surface area contributed by atoms with E-state index in [2.05, 4.69) is 15.9 Å². The van der Waals surface area contributed by atoms with Gasteiger partial charge in [-0.2, -0.15) is 0 Å². The number of hydrogen-bond donors (Lipinski definition) is 1. The number of carbonyl (C=O) groups is 2. The van der Waals surface area contributed by atoms with Crippen LogP contribution < -0.4 is 0 Å². The number of aryl methyl sites for hydroxylation is 1. The van der Waals surface area contributed by atoms with Gasteiger partial charge in [-0.05, 0) is 44.9 Å². The first-order chi connectivity index (χ1) is 9.18. The van der Waals surface area contributed by atoms with E-state index in [-0.39, 0.29) is 11.1 Å². The topological polar surface area (TPSA) is 63.6 Å². The van der Waals surface area contributed by atoms with Crippen molar-refractivity contribution >= 4 is 27.9 Å². The first-order valence-electron chi connectivity index (χ1n) is 6.44. The van der Waals surface area contributed by atoms with E-state index in [4.69, 9.17) is 4.74 Å². The lowest BCUT2D eigenvalue weighted by molar-refractivity contribution is -0.00503. The number of esters is 1. The minimum atomic E-state index is -1.15. The van der Waals surface area contributed by atoms with Crippen LogP contribution in [0.1, 0.15) is 59.9 Å². The maximum atomic E-state index is 12.2. The van der Waals surface area contributed by atoms with E-state index < -0.39 is 17.5 Å². The third kappa shape index (κ3) is 4.07. The van der Waals surface area contributed by atoms with E-state index in [1.807, 2.05) is 20.8 Å². The summed E-state index contributed by atoms with van der Waals surface area (Å²) in [6, 6.07) is 2.97. The molecule has 0 radical (unpaired) electrons. The summed E-state index contributed by atoms with van der Waals surface area (Å²) < 4.78 is 6.08. The summed E-state index contributed by atoms with van der Waals surface area (Å²) in [6.45, 7) is 7.44. The molecule has 5 heteroatoms. The third-order valence-electron chi connectivity index (χ3n) is 2.97. The van der Waals surface area contributed by atoms with Crippen molar-refractivity contribution in [3.63, 3.8) is 0 Å². The van der Waals surface area contributed by atoms with Crippen molar-refractivity contribution in [3.8, 4) is 0 Å². The average Bonchev–Trinajstić information content (AvgIpc) is 2.30. The van der Waals surface area contributed by atoms with Gasteiger partial charge in [-0.1, -0.05) is 29.3 Å². The summed E-state index contributed by atoms with van der Waals surface area (Å²) in [5, 5.41) is 9.20. The summed E-state index contributed by atoms with van der Waals surface area (Å²) >= 11 is 3.27. The molecule has 1 N–H and O–H groups in total. The SMILES string of the molecule is CCCC(C)(C)OC(=O)c1cc(C)c(Br)cc1C(=O)O. The minimum absolute atomic E-state index is 0.0558. The van der Waals surface area contributed by atoms with Crippen molar-refractivity contribution in [2.45, 2.75) is 46.1 Å². The van der Waals surface area contributed by atoms with Crippen molar-refractivity contribution < 1.29 is 19.4 Å². The molecule has 0 amide bonds. The maximum absolute atomic E-state index is 12.2. The first-order valence-corrected chi connectivity index (χ1v) is 7.24. The van der Waals surface area contributed by atoms with Gasteiger partial charge in [0.05, 0.1) is 11.1 Å². The van der Waals surface area contributed by atoms with Gasteiger partial charge in [-0.15, -0.1) is 0 Å². The number of halogens is 1. The van der Waals surface area contributed by atoms with Crippen molar-refractivity contribution in [2.75, 3.05) is 0 Å². The zero-order valence-corrected chi connectivity index (χ0v) is 13.7. The molecule has 0 saturated carbocycles. The molecule has 0 unspecified atom stereocenters. The summed E-state index contributed by atoms with van der Waals surface area (Å²) in [4.78, 5) is 23.5. The molecule has 0 saturated heterocycles. The standard InChI is InChI=1S/C15H19BrO4/c1-5-6-15(3,4)20-14(19)11-7-9(2)12(16)8-10(11)13(17)18/h7-8H,5-6H2,1-4H3,(H,17,18). The van der Waals surface area contributed by atoms with Gasteiger partial charge in [0.15, 0.2) is 0 Å². The van der Waals surface area contributed by atoms with Gasteiger partial charge >= 0.3 is 11.9 Å². The Morgan fingerprint density at radius 1 is 1.30 bits per heavy atom. The van der Waals surface area contributed by atoms with Crippen LogP contribution in [0, 0.1) is 6.92 Å². The monoisotopic (exact) mass is 342 g/mol. The molecule has 0 aliphatic carbocycles. The van der Waals surface area contributed by atoms with E-state index in [0.29, 0.717) is 4.47 Å². The summed E-state index contributed by atoms with van der Waals surface area (Å²) in [5.41, 5.74) is 0.208. The van der Waals surface area contributed by atoms with Gasteiger partial charge in [0, 0.05) is 4.47 Å². The number of carboxylic acids is 1. The number of aromatic carboxylic acids is 1. The Bertz CT molecular complexity index is 535. The Labute approximate surface area is 127 Å². The van der Waals surface area contributed by atoms with Crippen molar-refractivity contribution in [1.29, 1.82) is 0 Å². The van der Waals surface area contributed by atoms with Crippen LogP contribution in [0.4, 0.5) is 0 Å². The largest absolute Gasteiger partial charge is 0.478 e. The Morgan fingerprint density at radius 2 is 1.90 bits per heavy atom. The van der Waals surface area contributed by atoms with Crippen LogP contribution in [0.2, 0.25) is 0 Å². The number of carboxylic acid groups (broad SMARTS) is 1. The number of carbonyl (C=O) groups excluding carboxylic acids is 1. The highest BCUT2D eigenvalue weighted by molar-refractivity contribution is 9.10. The Kier molecular flexibility index (Phi) is 5.34. The Hall–Kier alpha value is -1.36. The molecule has 0 atom stereocenters. The fourth-order valence-corrected chi connectivity index (χ4v) is 2.33. The van der Waals surface area contributed by atoms with E-state index in [1.165, 1.54) is 12.1 Å². The Balaban J connectivity index is 3.15. The molecule has 0 heterocycles. The molecule has 0 aliphatic heterocycles. The number of ether oxygens (including phenoxy) is 1. The molecular formula is C15H19BrO4. The molecular weight excluding hydrogens is 324 g/mol. The van der Waals surface area contributed by atoms with Crippen molar-refractivity contribution in [1.82, 2.24) is 0 Å². The predicted molar refractivity (Wildman–Crippen MR) is 80.2 cm³/mol. The fraction of sp³-hybridized carbons (Fsp3) is 0.467. The van der Waals surface area contributed by atoms with Crippen LogP contribution in [0.15, 0.2) is 16.6 Å². The fourth-order valence-electron chi connectivity index (χ4n) is 1.99. The highest BCUT2D eigenvalue weighted by Crippen LogP contribution is 2.25. The molecule has 1 aromatic carbocycles. The van der Waals surface area contributed by atoms with Crippen LogP contribution in [0.25, 0.3) is 0 Å². The highest BCUT2D eigenvalue weighted by Gasteiger charge is 2.26. The smallest absolute Gasteiger partial charge is 0.339 e. The van der Waals surface area contributed by atoms with E-state index in [1.54, 1.807) is 6.92 Å². The lowest BCUT2D eigenvalue weighted by Gasteiger charge is -2.25. The lowest BCUT2D eigenvalue weighted by atomic mass is 10.0. The molecule has 0 bridgehead atoms. The summed E-state index contributed by atoms with van der Waals surface area (Å²) in [5.74, 6) is -1.75. The highest BCUT2D eigenvalue weighted by atomic mass is 79.9. The minimum Gasteiger partial charge on any atom is -0.478 e. The first kappa shape index (κ1) is 16.7. The zero-order chi connectivity index (χ0) is 15.5. The second-order valence-electron chi connectivity index (χ2n) is 5.35. The molecule has 1 rings (SSSR count). The lowest BCUT2D eigenvalue weighted by Crippen LogP contribution is -2.28. The molecule has 0 fully saturated rings. The quantitative estimate of drug-likeness (QED) is 0.814. The summed E-state index contributed by atoms with van der Waals surface area (Å²) in [6.07, 6.45) is 1.60. The van der Waals surface area contributed by atoms with Crippen LogP contribution in [0.3, 0.4) is 0 Å². The van der Waals surface area contributed by atoms with Crippen molar-refractivity contribution in [3.05, 3.63) is 33.3 Å². The number of benzene rings is 1. The number of rotatable bonds is 5. The molecule has 110 valence electrons. The molecule has 0 spiro atoms. The van der Waals surface area contributed by atoms with Gasteiger partial charge in [-0.25, -0.2) is 9.59 Å². The van der Waals surface area contributed by atoms with E-state index in [0.717, 1.165) is 18.4 Å². The van der Waals surface area contributed by atoms with Gasteiger partial charge in [0.2, 0.25) is 0 Å². The molecule has 20 heavy (non-hydrogen) atoms. The van der Waals surface area contributed by atoms with E-state index >= 15 is 0 Å². The molecule has 1 aromatic rings. The van der Waals surface area contributed by atoms with Gasteiger partial charge in [0.25, 0.3) is 0 Å². The normalized spacial score (nSPS) is 11.2. The number of hydrogen-bond acceptors (Lipinski definition) is 3. The molecule has 0 aromatic heterocycles. The van der Waals surface area contributed by atoms with Gasteiger partial charge in [0.1, 0.15) is 5.60 Å². The third-order valence-corrected chi connectivity index (χ3v) is 3.82. The van der Waals surface area contributed by atoms with Crippen LogP contribution in [-0.2, 0) is 4.74 Å². The maximum Gasteiger partial charge on any atom is 0.339 e. The predicted octanol–water partition coefficient (Wildman–Crippen LogP) is 4.19.